The Morgan fingerprint density at radius 2 is 1.92 bits per heavy atom. The third-order valence-electron chi connectivity index (χ3n) is 3.12. The van der Waals surface area contributed by atoms with Crippen molar-refractivity contribution in [2.75, 3.05) is 11.9 Å². The average Bonchev–Trinajstić information content (AvgIpc) is 2.63. The molecule has 0 aliphatic carbocycles. The van der Waals surface area contributed by atoms with E-state index in [1.165, 1.54) is 6.21 Å². The van der Waals surface area contributed by atoms with E-state index in [1.807, 2.05) is 13.0 Å². The summed E-state index contributed by atoms with van der Waals surface area (Å²) in [7, 11) is 0. The molecule has 1 heterocycles. The Kier molecular flexibility index (Phi) is 7.12. The molecule has 0 saturated heterocycles. The highest BCUT2D eigenvalue weighted by molar-refractivity contribution is 5.93. The number of hydrogen-bond acceptors (Lipinski definition) is 5. The highest BCUT2D eigenvalue weighted by Crippen LogP contribution is 2.15. The number of anilines is 1. The van der Waals surface area contributed by atoms with Gasteiger partial charge in [0.25, 0.3) is 0 Å². The fraction of sp³-hybridized carbons (Fsp3) is 0.222. The predicted octanol–water partition coefficient (Wildman–Crippen LogP) is 2.35. The number of amides is 2. The van der Waals surface area contributed by atoms with E-state index >= 15 is 0 Å². The second kappa shape index (κ2) is 9.82. The van der Waals surface area contributed by atoms with Crippen LogP contribution >= 0.6 is 0 Å². The van der Waals surface area contributed by atoms with Crippen LogP contribution in [0.15, 0.2) is 53.9 Å². The molecule has 2 aromatic rings. The molecule has 0 atom stereocenters. The maximum Gasteiger partial charge on any atom is 0.240 e. The third kappa shape index (κ3) is 6.82. The van der Waals surface area contributed by atoms with Crippen molar-refractivity contribution in [1.82, 2.24) is 10.4 Å². The minimum atomic E-state index is -0.331. The Morgan fingerprint density at radius 3 is 2.60 bits per heavy atom. The number of benzene rings is 1. The molecule has 25 heavy (non-hydrogen) atoms. The molecule has 0 aliphatic heterocycles. The van der Waals surface area contributed by atoms with E-state index in [9.17, 15) is 9.59 Å². The van der Waals surface area contributed by atoms with Crippen LogP contribution in [0.5, 0.6) is 5.75 Å². The Bertz CT molecular complexity index is 715. The molecule has 0 bridgehead atoms. The molecule has 0 aliphatic rings. The zero-order valence-electron chi connectivity index (χ0n) is 13.9. The van der Waals surface area contributed by atoms with Gasteiger partial charge in [-0.2, -0.15) is 5.10 Å². The lowest BCUT2D eigenvalue weighted by Crippen LogP contribution is -2.20. The first-order chi connectivity index (χ1) is 12.2. The fourth-order valence-electron chi connectivity index (χ4n) is 1.94. The number of pyridine rings is 1. The SMILES string of the molecule is CCOc1ccc(NC(=O)CCC(=O)NN=Cc2cccnc2)cc1. The first kappa shape index (κ1) is 18.1. The lowest BCUT2D eigenvalue weighted by Gasteiger charge is -2.07. The molecule has 1 aromatic heterocycles. The van der Waals surface area contributed by atoms with Crippen LogP contribution in [0.25, 0.3) is 0 Å². The van der Waals surface area contributed by atoms with Gasteiger partial charge in [0.05, 0.1) is 12.8 Å². The van der Waals surface area contributed by atoms with E-state index in [0.29, 0.717) is 12.3 Å². The Labute approximate surface area is 146 Å². The van der Waals surface area contributed by atoms with E-state index in [0.717, 1.165) is 11.3 Å². The number of ether oxygens (including phenoxy) is 1. The summed E-state index contributed by atoms with van der Waals surface area (Å²) in [5, 5.41) is 6.55. The Balaban J connectivity index is 1.70. The van der Waals surface area contributed by atoms with Gasteiger partial charge in [0.1, 0.15) is 5.75 Å². The maximum atomic E-state index is 11.9. The van der Waals surface area contributed by atoms with Crippen molar-refractivity contribution in [1.29, 1.82) is 0 Å². The number of carbonyl (C=O) groups excluding carboxylic acids is 2. The van der Waals surface area contributed by atoms with Crippen LogP contribution in [-0.2, 0) is 9.59 Å². The van der Waals surface area contributed by atoms with Crippen molar-refractivity contribution in [2.45, 2.75) is 19.8 Å². The highest BCUT2D eigenvalue weighted by Gasteiger charge is 2.07. The molecule has 0 fully saturated rings. The first-order valence-electron chi connectivity index (χ1n) is 7.92. The quantitative estimate of drug-likeness (QED) is 0.570. The molecule has 0 saturated carbocycles. The summed E-state index contributed by atoms with van der Waals surface area (Å²) in [5.41, 5.74) is 3.81. The van der Waals surface area contributed by atoms with E-state index in [-0.39, 0.29) is 24.7 Å². The molecular weight excluding hydrogens is 320 g/mol. The second-order valence-electron chi connectivity index (χ2n) is 5.09. The number of nitrogens with zero attached hydrogens (tertiary/aromatic N) is 2. The van der Waals surface area contributed by atoms with Crippen molar-refractivity contribution < 1.29 is 14.3 Å². The smallest absolute Gasteiger partial charge is 0.240 e. The standard InChI is InChI=1S/C18H20N4O3/c1-2-25-16-7-5-15(6-8-16)21-17(23)9-10-18(24)22-20-13-14-4-3-11-19-12-14/h3-8,11-13H,2,9-10H2,1H3,(H,21,23)(H,22,24). The fourth-order valence-corrected chi connectivity index (χ4v) is 1.94. The summed E-state index contributed by atoms with van der Waals surface area (Å²) < 4.78 is 5.33. The van der Waals surface area contributed by atoms with Crippen molar-refractivity contribution in [3.8, 4) is 5.75 Å². The topological polar surface area (TPSA) is 92.7 Å². The van der Waals surface area contributed by atoms with Crippen LogP contribution in [0, 0.1) is 0 Å². The zero-order valence-corrected chi connectivity index (χ0v) is 13.9. The summed E-state index contributed by atoms with van der Waals surface area (Å²) in [5.74, 6) is 0.170. The van der Waals surface area contributed by atoms with E-state index < -0.39 is 0 Å². The summed E-state index contributed by atoms with van der Waals surface area (Å²) >= 11 is 0. The minimum absolute atomic E-state index is 0.0489. The van der Waals surface area contributed by atoms with E-state index in [4.69, 9.17) is 4.74 Å². The number of aromatic nitrogens is 1. The minimum Gasteiger partial charge on any atom is -0.494 e. The van der Waals surface area contributed by atoms with Crippen molar-refractivity contribution in [3.63, 3.8) is 0 Å². The normalized spacial score (nSPS) is 10.4. The Morgan fingerprint density at radius 1 is 1.16 bits per heavy atom. The lowest BCUT2D eigenvalue weighted by molar-refractivity contribution is -0.124. The van der Waals surface area contributed by atoms with Gasteiger partial charge in [-0.15, -0.1) is 0 Å². The van der Waals surface area contributed by atoms with Gasteiger partial charge < -0.3 is 10.1 Å². The molecule has 130 valence electrons. The van der Waals surface area contributed by atoms with Gasteiger partial charge >= 0.3 is 0 Å². The van der Waals surface area contributed by atoms with Crippen LogP contribution in [0.1, 0.15) is 25.3 Å². The van der Waals surface area contributed by atoms with Gasteiger partial charge in [0, 0.05) is 36.5 Å². The predicted molar refractivity (Wildman–Crippen MR) is 95.4 cm³/mol. The van der Waals surface area contributed by atoms with Gasteiger partial charge in [-0.05, 0) is 37.3 Å². The molecule has 0 unspecified atom stereocenters. The van der Waals surface area contributed by atoms with Crippen LogP contribution in [0.3, 0.4) is 0 Å². The number of nitrogens with one attached hydrogen (secondary N) is 2. The summed E-state index contributed by atoms with van der Waals surface area (Å²) in [4.78, 5) is 27.5. The number of hydrogen-bond donors (Lipinski definition) is 2. The van der Waals surface area contributed by atoms with E-state index in [2.05, 4.69) is 20.8 Å². The lowest BCUT2D eigenvalue weighted by atomic mass is 10.2. The summed E-state index contributed by atoms with van der Waals surface area (Å²) in [6.07, 6.45) is 4.89. The van der Waals surface area contributed by atoms with Crippen molar-refractivity contribution in [3.05, 3.63) is 54.4 Å². The second-order valence-corrected chi connectivity index (χ2v) is 5.09. The molecule has 2 rings (SSSR count). The summed E-state index contributed by atoms with van der Waals surface area (Å²) in [6, 6.07) is 10.6. The monoisotopic (exact) mass is 340 g/mol. The molecule has 0 spiro atoms. The molecular formula is C18H20N4O3. The molecule has 7 nitrogen and oxygen atoms in total. The Hall–Kier alpha value is -3.22. The van der Waals surface area contributed by atoms with Gasteiger partial charge in [-0.3, -0.25) is 14.6 Å². The van der Waals surface area contributed by atoms with Crippen LogP contribution in [0.2, 0.25) is 0 Å². The molecule has 0 radical (unpaired) electrons. The molecule has 1 aromatic carbocycles. The molecule has 2 N–H and O–H groups in total. The third-order valence-corrected chi connectivity index (χ3v) is 3.12. The molecule has 7 heteroatoms. The number of carbonyl (C=O) groups is 2. The largest absolute Gasteiger partial charge is 0.494 e. The van der Waals surface area contributed by atoms with Crippen LogP contribution < -0.4 is 15.5 Å². The van der Waals surface area contributed by atoms with Crippen LogP contribution in [-0.4, -0.2) is 29.6 Å². The zero-order chi connectivity index (χ0) is 17.9. The highest BCUT2D eigenvalue weighted by atomic mass is 16.5. The van der Waals surface area contributed by atoms with Crippen LogP contribution in [0.4, 0.5) is 5.69 Å². The first-order valence-corrected chi connectivity index (χ1v) is 7.92. The van der Waals surface area contributed by atoms with Gasteiger partial charge in [0.15, 0.2) is 0 Å². The number of rotatable bonds is 8. The van der Waals surface area contributed by atoms with Gasteiger partial charge in [-0.25, -0.2) is 5.43 Å². The van der Waals surface area contributed by atoms with Crippen molar-refractivity contribution >= 4 is 23.7 Å². The number of hydrazone groups is 1. The molecule has 2 amide bonds. The maximum absolute atomic E-state index is 11.9. The van der Waals surface area contributed by atoms with E-state index in [1.54, 1.807) is 42.7 Å². The average molecular weight is 340 g/mol. The van der Waals surface area contributed by atoms with Crippen molar-refractivity contribution in [2.24, 2.45) is 5.10 Å². The summed E-state index contributed by atoms with van der Waals surface area (Å²) in [6.45, 7) is 2.49. The van der Waals surface area contributed by atoms with Gasteiger partial charge in [0.2, 0.25) is 11.8 Å². The van der Waals surface area contributed by atoms with Gasteiger partial charge in [-0.1, -0.05) is 6.07 Å².